The fourth-order valence-electron chi connectivity index (χ4n) is 1.10. The highest BCUT2D eigenvalue weighted by Gasteiger charge is 2.26. The topological polar surface area (TPSA) is 20.3 Å². The number of alkyl halides is 2. The summed E-state index contributed by atoms with van der Waals surface area (Å²) < 4.78 is 13.7. The molecule has 0 N–H and O–H groups in total. The molecule has 86 valence electrons. The standard InChI is InChI=1S/C8H17Cl3NOP/c1-2-3-8-14(11,13)12(6-4-9)7-5-10/h2-8H2,1H3. The van der Waals surface area contributed by atoms with Crippen LogP contribution in [0.3, 0.4) is 0 Å². The molecule has 0 amide bonds. The summed E-state index contributed by atoms with van der Waals surface area (Å²) in [6.45, 7) is 0.411. The third-order valence-electron chi connectivity index (χ3n) is 1.90. The van der Waals surface area contributed by atoms with Crippen LogP contribution in [0.1, 0.15) is 19.8 Å². The van der Waals surface area contributed by atoms with Crippen molar-refractivity contribution in [3.63, 3.8) is 0 Å². The summed E-state index contributed by atoms with van der Waals surface area (Å²) in [4.78, 5) is 0. The first kappa shape index (κ1) is 15.1. The third-order valence-corrected chi connectivity index (χ3v) is 5.49. The van der Waals surface area contributed by atoms with Crippen LogP contribution in [0.4, 0.5) is 0 Å². The van der Waals surface area contributed by atoms with E-state index in [-0.39, 0.29) is 0 Å². The van der Waals surface area contributed by atoms with Gasteiger partial charge in [-0.1, -0.05) is 13.3 Å². The number of unbranched alkanes of at least 4 members (excludes halogenated alkanes) is 1. The van der Waals surface area contributed by atoms with Gasteiger partial charge in [-0.2, -0.15) is 0 Å². The molecule has 1 atom stereocenters. The lowest BCUT2D eigenvalue weighted by Crippen LogP contribution is -2.24. The van der Waals surface area contributed by atoms with Gasteiger partial charge in [0.15, 0.2) is 0 Å². The second-order valence-electron chi connectivity index (χ2n) is 3.03. The quantitative estimate of drug-likeness (QED) is 0.495. The lowest BCUT2D eigenvalue weighted by Gasteiger charge is -2.25. The van der Waals surface area contributed by atoms with Gasteiger partial charge in [0.25, 0.3) is 0 Å². The number of hydrogen-bond donors (Lipinski definition) is 0. The molecule has 0 rings (SSSR count). The van der Waals surface area contributed by atoms with Crippen LogP contribution in [-0.2, 0) is 4.57 Å². The van der Waals surface area contributed by atoms with Gasteiger partial charge in [0.05, 0.1) is 0 Å². The molecule has 0 bridgehead atoms. The van der Waals surface area contributed by atoms with Crippen molar-refractivity contribution in [1.82, 2.24) is 4.67 Å². The minimum atomic E-state index is -2.72. The Morgan fingerprint density at radius 3 is 2.07 bits per heavy atom. The van der Waals surface area contributed by atoms with Crippen LogP contribution in [0.2, 0.25) is 0 Å². The molecule has 0 heterocycles. The van der Waals surface area contributed by atoms with Crippen molar-refractivity contribution in [3.05, 3.63) is 0 Å². The highest BCUT2D eigenvalue weighted by atomic mass is 35.7. The van der Waals surface area contributed by atoms with Gasteiger partial charge >= 0.3 is 0 Å². The molecule has 0 saturated carbocycles. The van der Waals surface area contributed by atoms with Gasteiger partial charge in [0.1, 0.15) is 0 Å². The van der Waals surface area contributed by atoms with E-state index in [1.165, 1.54) is 0 Å². The minimum Gasteiger partial charge on any atom is -0.289 e. The number of nitrogens with zero attached hydrogens (tertiary/aromatic N) is 1. The van der Waals surface area contributed by atoms with E-state index in [2.05, 4.69) is 0 Å². The van der Waals surface area contributed by atoms with E-state index in [1.54, 1.807) is 4.67 Å². The molecule has 0 aliphatic carbocycles. The fourth-order valence-corrected chi connectivity index (χ4v) is 4.34. The Labute approximate surface area is 101 Å². The Morgan fingerprint density at radius 2 is 1.71 bits per heavy atom. The van der Waals surface area contributed by atoms with Gasteiger partial charge in [-0.3, -0.25) is 4.57 Å². The molecule has 0 fully saturated rings. The van der Waals surface area contributed by atoms with Crippen LogP contribution in [-0.4, -0.2) is 35.7 Å². The Kier molecular flexibility index (Phi) is 8.86. The SMILES string of the molecule is CCCCP(=O)(Cl)N(CCCl)CCCl. The van der Waals surface area contributed by atoms with Crippen LogP contribution in [0, 0.1) is 0 Å². The van der Waals surface area contributed by atoms with Crippen molar-refractivity contribution >= 4 is 41.1 Å². The fraction of sp³-hybridized carbons (Fsp3) is 1.00. The molecule has 1 unspecified atom stereocenters. The van der Waals surface area contributed by atoms with Crippen LogP contribution in [0.15, 0.2) is 0 Å². The zero-order chi connectivity index (χ0) is 11.0. The van der Waals surface area contributed by atoms with E-state index in [1.807, 2.05) is 6.92 Å². The van der Waals surface area contributed by atoms with Crippen molar-refractivity contribution in [3.8, 4) is 0 Å². The van der Waals surface area contributed by atoms with E-state index >= 15 is 0 Å². The highest BCUT2D eigenvalue weighted by molar-refractivity contribution is 7.87. The maximum Gasteiger partial charge on any atom is 0.234 e. The second kappa shape index (κ2) is 8.24. The van der Waals surface area contributed by atoms with Crippen molar-refractivity contribution in [2.24, 2.45) is 0 Å². The monoisotopic (exact) mass is 279 g/mol. The number of halogens is 3. The lowest BCUT2D eigenvalue weighted by atomic mass is 10.4. The minimum absolute atomic E-state index is 0.430. The van der Waals surface area contributed by atoms with E-state index < -0.39 is 6.65 Å². The molecule has 0 radical (unpaired) electrons. The van der Waals surface area contributed by atoms with Crippen molar-refractivity contribution in [2.45, 2.75) is 19.8 Å². The molecule has 0 aliphatic heterocycles. The Bertz CT molecular complexity index is 185. The van der Waals surface area contributed by atoms with E-state index in [4.69, 9.17) is 34.4 Å². The van der Waals surface area contributed by atoms with Crippen molar-refractivity contribution < 1.29 is 4.57 Å². The van der Waals surface area contributed by atoms with E-state index in [0.717, 1.165) is 12.8 Å². The first-order chi connectivity index (χ1) is 6.58. The van der Waals surface area contributed by atoms with Crippen molar-refractivity contribution in [2.75, 3.05) is 31.0 Å². The van der Waals surface area contributed by atoms with Crippen LogP contribution in [0.5, 0.6) is 0 Å². The Morgan fingerprint density at radius 1 is 1.21 bits per heavy atom. The zero-order valence-corrected chi connectivity index (χ0v) is 11.5. The Hall–Kier alpha value is 1.06. The van der Waals surface area contributed by atoms with Gasteiger partial charge < -0.3 is 0 Å². The molecule has 0 aliphatic rings. The summed E-state index contributed by atoms with van der Waals surface area (Å²) in [7, 11) is 0. The molecule has 0 aromatic carbocycles. The molecule has 0 aromatic rings. The van der Waals surface area contributed by atoms with Crippen LogP contribution in [0.25, 0.3) is 0 Å². The van der Waals surface area contributed by atoms with Gasteiger partial charge in [0, 0.05) is 31.0 Å². The molecule has 0 saturated heterocycles. The first-order valence-electron chi connectivity index (χ1n) is 4.74. The summed E-state index contributed by atoms with van der Waals surface area (Å²) in [6, 6.07) is 0. The molecular formula is C8H17Cl3NOP. The normalized spacial score (nSPS) is 15.8. The molecule has 14 heavy (non-hydrogen) atoms. The van der Waals surface area contributed by atoms with Gasteiger partial charge in [-0.15, -0.1) is 23.2 Å². The summed E-state index contributed by atoms with van der Waals surface area (Å²) >= 11 is 17.2. The van der Waals surface area contributed by atoms with Crippen LogP contribution < -0.4 is 0 Å². The number of rotatable bonds is 8. The molecule has 6 heteroatoms. The summed E-state index contributed by atoms with van der Waals surface area (Å²) in [5.74, 6) is 0.861. The van der Waals surface area contributed by atoms with Crippen molar-refractivity contribution in [1.29, 1.82) is 0 Å². The zero-order valence-electron chi connectivity index (χ0n) is 8.39. The average molecular weight is 281 g/mol. The molecule has 0 aromatic heterocycles. The van der Waals surface area contributed by atoms with E-state index in [9.17, 15) is 4.57 Å². The van der Waals surface area contributed by atoms with Gasteiger partial charge in [-0.25, -0.2) is 4.67 Å². The molecule has 0 spiro atoms. The Balaban J connectivity index is 4.21. The predicted octanol–water partition coefficient (Wildman–Crippen LogP) is 4.00. The third kappa shape index (κ3) is 5.82. The maximum atomic E-state index is 12.0. The molecule has 2 nitrogen and oxygen atoms in total. The predicted molar refractivity (Wildman–Crippen MR) is 66.2 cm³/mol. The molecular weight excluding hydrogens is 263 g/mol. The van der Waals surface area contributed by atoms with Crippen LogP contribution >= 0.6 is 41.1 Å². The van der Waals surface area contributed by atoms with E-state index in [0.29, 0.717) is 31.0 Å². The summed E-state index contributed by atoms with van der Waals surface area (Å²) in [6.07, 6.45) is 2.41. The number of hydrogen-bond acceptors (Lipinski definition) is 1. The summed E-state index contributed by atoms with van der Waals surface area (Å²) in [5, 5.41) is 0. The first-order valence-corrected chi connectivity index (χ1v) is 8.56. The summed E-state index contributed by atoms with van der Waals surface area (Å²) in [5.41, 5.74) is 0. The largest absolute Gasteiger partial charge is 0.289 e. The van der Waals surface area contributed by atoms with Gasteiger partial charge in [0.2, 0.25) is 6.65 Å². The average Bonchev–Trinajstić information content (AvgIpc) is 2.14. The second-order valence-corrected chi connectivity index (χ2v) is 7.61. The highest BCUT2D eigenvalue weighted by Crippen LogP contribution is 2.55. The lowest BCUT2D eigenvalue weighted by molar-refractivity contribution is 0.456. The maximum absolute atomic E-state index is 12.0. The smallest absolute Gasteiger partial charge is 0.234 e. The van der Waals surface area contributed by atoms with Gasteiger partial charge in [-0.05, 0) is 17.7 Å².